The van der Waals surface area contributed by atoms with Crippen LogP contribution in [0.5, 0.6) is 0 Å². The van der Waals surface area contributed by atoms with Crippen LogP contribution in [0.15, 0.2) is 0 Å². The van der Waals surface area contributed by atoms with Gasteiger partial charge in [-0.15, -0.1) is 0 Å². The Balaban J connectivity index is 1.91. The van der Waals surface area contributed by atoms with Crippen molar-refractivity contribution in [2.75, 3.05) is 40.1 Å². The van der Waals surface area contributed by atoms with Crippen molar-refractivity contribution in [1.82, 2.24) is 5.32 Å². The van der Waals surface area contributed by atoms with Gasteiger partial charge in [0.1, 0.15) is 0 Å². The van der Waals surface area contributed by atoms with E-state index < -0.39 is 0 Å². The highest BCUT2D eigenvalue weighted by molar-refractivity contribution is 4.75. The highest BCUT2D eigenvalue weighted by Gasteiger charge is 2.20. The maximum Gasteiger partial charge on any atom is 0.0700 e. The summed E-state index contributed by atoms with van der Waals surface area (Å²) in [5.41, 5.74) is 0. The van der Waals surface area contributed by atoms with Crippen molar-refractivity contribution in [3.8, 4) is 0 Å². The lowest BCUT2D eigenvalue weighted by atomic mass is 10.0. The summed E-state index contributed by atoms with van der Waals surface area (Å²) in [5.74, 6) is 0. The Bertz CT molecular complexity index is 178. The molecule has 1 saturated heterocycles. The van der Waals surface area contributed by atoms with E-state index in [1.165, 1.54) is 0 Å². The van der Waals surface area contributed by atoms with E-state index in [0.717, 1.165) is 45.4 Å². The van der Waals surface area contributed by atoms with Gasteiger partial charge in [-0.3, -0.25) is 0 Å². The monoisotopic (exact) mass is 245 g/mol. The Hall–Kier alpha value is -0.160. The van der Waals surface area contributed by atoms with Crippen molar-refractivity contribution in [2.45, 2.75) is 44.8 Å². The molecule has 102 valence electrons. The van der Waals surface area contributed by atoms with Gasteiger partial charge in [0.2, 0.25) is 0 Å². The lowest BCUT2D eigenvalue weighted by Gasteiger charge is -2.29. The molecule has 0 aliphatic carbocycles. The molecule has 1 rings (SSSR count). The lowest BCUT2D eigenvalue weighted by Crippen LogP contribution is -2.39. The average Bonchev–Trinajstić information content (AvgIpc) is 2.38. The topological polar surface area (TPSA) is 39.7 Å². The molecule has 4 heteroatoms. The Kier molecular flexibility index (Phi) is 8.61. The molecule has 4 nitrogen and oxygen atoms in total. The van der Waals surface area contributed by atoms with Crippen LogP contribution in [0.1, 0.15) is 32.6 Å². The van der Waals surface area contributed by atoms with E-state index in [1.54, 1.807) is 7.11 Å². The molecule has 0 bridgehead atoms. The molecule has 1 aliphatic heterocycles. The van der Waals surface area contributed by atoms with Gasteiger partial charge in [-0.1, -0.05) is 6.92 Å². The summed E-state index contributed by atoms with van der Waals surface area (Å²) in [6.07, 6.45) is 4.94. The predicted octanol–water partition coefficient (Wildman–Crippen LogP) is 1.59. The molecule has 0 saturated carbocycles. The number of methoxy groups -OCH3 is 1. The smallest absolute Gasteiger partial charge is 0.0700 e. The van der Waals surface area contributed by atoms with Gasteiger partial charge in [-0.2, -0.15) is 0 Å². The maximum atomic E-state index is 5.65. The van der Waals surface area contributed by atoms with Gasteiger partial charge in [0.05, 0.1) is 19.3 Å². The van der Waals surface area contributed by atoms with Crippen LogP contribution < -0.4 is 5.32 Å². The average molecular weight is 245 g/mol. The van der Waals surface area contributed by atoms with Crippen LogP contribution >= 0.6 is 0 Å². The van der Waals surface area contributed by atoms with Crippen LogP contribution in [0.4, 0.5) is 0 Å². The van der Waals surface area contributed by atoms with E-state index in [0.29, 0.717) is 25.4 Å². The second-order valence-corrected chi connectivity index (χ2v) is 4.54. The summed E-state index contributed by atoms with van der Waals surface area (Å²) in [4.78, 5) is 0. The number of rotatable bonds is 9. The van der Waals surface area contributed by atoms with E-state index in [1.807, 2.05) is 0 Å². The molecule has 0 aromatic carbocycles. The zero-order chi connectivity index (χ0) is 12.3. The van der Waals surface area contributed by atoms with E-state index in [9.17, 15) is 0 Å². The van der Waals surface area contributed by atoms with Crippen LogP contribution in [-0.2, 0) is 14.2 Å². The summed E-state index contributed by atoms with van der Waals surface area (Å²) in [7, 11) is 1.69. The Morgan fingerprint density at radius 1 is 1.29 bits per heavy atom. The molecule has 0 amide bonds. The second-order valence-electron chi connectivity index (χ2n) is 4.54. The third kappa shape index (κ3) is 6.99. The summed E-state index contributed by atoms with van der Waals surface area (Å²) >= 11 is 0. The van der Waals surface area contributed by atoms with Crippen LogP contribution in [-0.4, -0.2) is 52.2 Å². The van der Waals surface area contributed by atoms with E-state index in [-0.39, 0.29) is 0 Å². The SMILES string of the molecule is CCC1CC(NCCCOCCOC)CCO1. The Labute approximate surface area is 105 Å². The van der Waals surface area contributed by atoms with Crippen molar-refractivity contribution in [1.29, 1.82) is 0 Å². The highest BCUT2D eigenvalue weighted by Crippen LogP contribution is 2.15. The lowest BCUT2D eigenvalue weighted by molar-refractivity contribution is -0.000479. The molecule has 1 heterocycles. The number of hydrogen-bond donors (Lipinski definition) is 1. The third-order valence-electron chi connectivity index (χ3n) is 3.15. The summed E-state index contributed by atoms with van der Waals surface area (Å²) in [5, 5.41) is 3.59. The normalized spacial score (nSPS) is 25.1. The minimum Gasteiger partial charge on any atom is -0.382 e. The van der Waals surface area contributed by atoms with Gasteiger partial charge >= 0.3 is 0 Å². The van der Waals surface area contributed by atoms with Crippen molar-refractivity contribution in [2.24, 2.45) is 0 Å². The van der Waals surface area contributed by atoms with Crippen LogP contribution in [0.3, 0.4) is 0 Å². The van der Waals surface area contributed by atoms with Crippen molar-refractivity contribution in [3.63, 3.8) is 0 Å². The van der Waals surface area contributed by atoms with E-state index in [2.05, 4.69) is 12.2 Å². The molecule has 0 aromatic heterocycles. The van der Waals surface area contributed by atoms with Gasteiger partial charge in [0.25, 0.3) is 0 Å². The van der Waals surface area contributed by atoms with E-state index in [4.69, 9.17) is 14.2 Å². The number of nitrogens with one attached hydrogen (secondary N) is 1. The van der Waals surface area contributed by atoms with Crippen molar-refractivity contribution in [3.05, 3.63) is 0 Å². The first kappa shape index (κ1) is 14.9. The molecule has 17 heavy (non-hydrogen) atoms. The molecular formula is C13H27NO3. The largest absolute Gasteiger partial charge is 0.382 e. The fraction of sp³-hybridized carbons (Fsp3) is 1.00. The molecular weight excluding hydrogens is 218 g/mol. The quantitative estimate of drug-likeness (QED) is 0.626. The molecule has 0 spiro atoms. The number of ether oxygens (including phenoxy) is 3. The molecule has 1 aliphatic rings. The fourth-order valence-corrected chi connectivity index (χ4v) is 2.07. The first-order chi connectivity index (χ1) is 8.36. The van der Waals surface area contributed by atoms with Crippen LogP contribution in [0.2, 0.25) is 0 Å². The van der Waals surface area contributed by atoms with Crippen molar-refractivity contribution < 1.29 is 14.2 Å². The Morgan fingerprint density at radius 3 is 2.94 bits per heavy atom. The molecule has 2 atom stereocenters. The zero-order valence-corrected chi connectivity index (χ0v) is 11.2. The molecule has 1 fully saturated rings. The van der Waals surface area contributed by atoms with Crippen LogP contribution in [0.25, 0.3) is 0 Å². The van der Waals surface area contributed by atoms with E-state index >= 15 is 0 Å². The highest BCUT2D eigenvalue weighted by atomic mass is 16.5. The summed E-state index contributed by atoms with van der Waals surface area (Å²) in [6, 6.07) is 0.632. The first-order valence-electron chi connectivity index (χ1n) is 6.78. The Morgan fingerprint density at radius 2 is 2.18 bits per heavy atom. The molecule has 0 aromatic rings. The number of hydrogen-bond acceptors (Lipinski definition) is 4. The molecule has 2 unspecified atom stereocenters. The summed E-state index contributed by atoms with van der Waals surface area (Å²) in [6.45, 7) is 6.33. The predicted molar refractivity (Wildman–Crippen MR) is 68.4 cm³/mol. The first-order valence-corrected chi connectivity index (χ1v) is 6.78. The summed E-state index contributed by atoms with van der Waals surface area (Å²) < 4.78 is 16.0. The van der Waals surface area contributed by atoms with Gasteiger partial charge in [0.15, 0.2) is 0 Å². The van der Waals surface area contributed by atoms with Gasteiger partial charge in [-0.25, -0.2) is 0 Å². The zero-order valence-electron chi connectivity index (χ0n) is 11.2. The minimum atomic E-state index is 0.458. The minimum absolute atomic E-state index is 0.458. The third-order valence-corrected chi connectivity index (χ3v) is 3.15. The standard InChI is InChI=1S/C13H27NO3/c1-3-13-11-12(5-8-17-13)14-6-4-7-16-10-9-15-2/h12-14H,3-11H2,1-2H3. The van der Waals surface area contributed by atoms with Crippen molar-refractivity contribution >= 4 is 0 Å². The van der Waals surface area contributed by atoms with Gasteiger partial charge in [0, 0.05) is 26.4 Å². The second kappa shape index (κ2) is 9.83. The van der Waals surface area contributed by atoms with Gasteiger partial charge in [-0.05, 0) is 32.2 Å². The molecule has 1 N–H and O–H groups in total. The fourth-order valence-electron chi connectivity index (χ4n) is 2.07. The molecule has 0 radical (unpaired) electrons. The maximum absolute atomic E-state index is 5.65. The van der Waals surface area contributed by atoms with Crippen LogP contribution in [0, 0.1) is 0 Å². The van der Waals surface area contributed by atoms with Gasteiger partial charge < -0.3 is 19.5 Å².